The minimum atomic E-state index is -0.288. The van der Waals surface area contributed by atoms with Crippen LogP contribution in [0.15, 0.2) is 146 Å². The smallest absolute Gasteiger partial charge is 0.195 e. The van der Waals surface area contributed by atoms with Crippen LogP contribution in [-0.4, -0.2) is 32.3 Å². The summed E-state index contributed by atoms with van der Waals surface area (Å²) in [6, 6.07) is 45.5. The molecule has 0 aliphatic heterocycles. The van der Waals surface area contributed by atoms with Gasteiger partial charge in [-0.2, -0.15) is 0 Å². The molecule has 51 heavy (non-hydrogen) atoms. The van der Waals surface area contributed by atoms with Crippen molar-refractivity contribution in [3.8, 4) is 0 Å². The Balaban J connectivity index is 1.17. The molecular formula is C45H27N3O3. The van der Waals surface area contributed by atoms with E-state index in [9.17, 15) is 14.4 Å². The minimum absolute atomic E-state index is 0.253. The second kappa shape index (κ2) is 11.0. The van der Waals surface area contributed by atoms with Gasteiger partial charge in [-0.15, -0.1) is 0 Å². The molecule has 0 saturated heterocycles. The van der Waals surface area contributed by atoms with Crippen molar-refractivity contribution in [1.82, 2.24) is 15.0 Å². The number of carbonyl (C=O) groups is 3. The molecule has 0 saturated carbocycles. The van der Waals surface area contributed by atoms with Gasteiger partial charge in [-0.05, 0) is 54.6 Å². The van der Waals surface area contributed by atoms with E-state index in [4.69, 9.17) is 0 Å². The summed E-state index contributed by atoms with van der Waals surface area (Å²) >= 11 is 0. The fraction of sp³-hybridized carbons (Fsp3) is 0. The van der Waals surface area contributed by atoms with Crippen LogP contribution in [0.2, 0.25) is 0 Å². The number of aromatic nitrogens is 3. The van der Waals surface area contributed by atoms with Gasteiger partial charge in [0, 0.05) is 82.2 Å². The van der Waals surface area contributed by atoms with Crippen molar-refractivity contribution in [1.29, 1.82) is 0 Å². The molecule has 0 aliphatic rings. The summed E-state index contributed by atoms with van der Waals surface area (Å²) in [6.07, 6.45) is 0. The van der Waals surface area contributed by atoms with Gasteiger partial charge in [-0.25, -0.2) is 0 Å². The molecule has 10 aromatic rings. The lowest BCUT2D eigenvalue weighted by molar-refractivity contribution is 0.103. The largest absolute Gasteiger partial charge is 0.354 e. The van der Waals surface area contributed by atoms with Crippen LogP contribution in [-0.2, 0) is 0 Å². The molecule has 3 aromatic heterocycles. The van der Waals surface area contributed by atoms with Crippen LogP contribution < -0.4 is 0 Å². The molecule has 240 valence electrons. The van der Waals surface area contributed by atoms with E-state index in [0.29, 0.717) is 33.2 Å². The average molecular weight is 658 g/mol. The number of hydrogen-bond donors (Lipinski definition) is 3. The zero-order chi connectivity index (χ0) is 34.2. The Kier molecular flexibility index (Phi) is 6.23. The predicted molar refractivity (Wildman–Crippen MR) is 204 cm³/mol. The Morgan fingerprint density at radius 1 is 0.314 bits per heavy atom. The van der Waals surface area contributed by atoms with Crippen molar-refractivity contribution in [2.24, 2.45) is 0 Å². The topological polar surface area (TPSA) is 98.6 Å². The van der Waals surface area contributed by atoms with E-state index in [2.05, 4.69) is 15.0 Å². The van der Waals surface area contributed by atoms with Gasteiger partial charge in [-0.3, -0.25) is 14.4 Å². The standard InChI is InChI=1S/C45H27N3O3/c49-43(34-16-7-13-31-28-10-1-4-19-37(28)46-40(31)34)25-22-26(44(50)35-17-8-14-32-29-11-2-5-20-38(29)47-41(32)35)24-27(23-25)45(51)36-18-9-15-33-30-12-3-6-21-39(30)48-42(33)36/h1-24,46-48H. The Bertz CT molecular complexity index is 2760. The number of para-hydroxylation sites is 6. The number of nitrogens with one attached hydrogen (secondary N) is 3. The molecule has 0 atom stereocenters. The van der Waals surface area contributed by atoms with Crippen LogP contribution in [0.5, 0.6) is 0 Å². The zero-order valence-corrected chi connectivity index (χ0v) is 27.1. The van der Waals surface area contributed by atoms with Gasteiger partial charge in [0.1, 0.15) is 0 Å². The number of H-pyrrole nitrogens is 3. The third-order valence-corrected chi connectivity index (χ3v) is 10.1. The number of benzene rings is 7. The normalized spacial score (nSPS) is 11.8. The molecule has 6 nitrogen and oxygen atoms in total. The van der Waals surface area contributed by atoms with Crippen molar-refractivity contribution in [3.63, 3.8) is 0 Å². The predicted octanol–water partition coefficient (Wildman–Crippen LogP) is 10.3. The molecule has 10 rings (SSSR count). The summed E-state index contributed by atoms with van der Waals surface area (Å²) in [7, 11) is 0. The highest BCUT2D eigenvalue weighted by Crippen LogP contribution is 2.33. The van der Waals surface area contributed by atoms with Crippen LogP contribution in [0.4, 0.5) is 0 Å². The second-order valence-electron chi connectivity index (χ2n) is 13.0. The summed E-state index contributed by atoms with van der Waals surface area (Å²) in [5, 5.41) is 5.82. The van der Waals surface area contributed by atoms with Gasteiger partial charge in [-0.1, -0.05) is 91.0 Å². The van der Waals surface area contributed by atoms with Crippen LogP contribution in [0.1, 0.15) is 47.8 Å². The van der Waals surface area contributed by atoms with E-state index < -0.39 is 0 Å². The van der Waals surface area contributed by atoms with Crippen molar-refractivity contribution >= 4 is 82.8 Å². The van der Waals surface area contributed by atoms with Crippen LogP contribution in [0.25, 0.3) is 65.4 Å². The maximum absolute atomic E-state index is 14.6. The SMILES string of the molecule is O=C(c1cc(C(=O)c2cccc3c2[nH]c2ccccc23)cc(C(=O)c2cccc3c2[nH]c2ccccc23)c1)c1cccc2c1[nH]c1ccccc12. The lowest BCUT2D eigenvalue weighted by Crippen LogP contribution is -2.11. The first-order chi connectivity index (χ1) is 25.0. The van der Waals surface area contributed by atoms with E-state index >= 15 is 0 Å². The highest BCUT2D eigenvalue weighted by atomic mass is 16.1. The van der Waals surface area contributed by atoms with Crippen LogP contribution in [0, 0.1) is 0 Å². The van der Waals surface area contributed by atoms with E-state index in [1.807, 2.05) is 109 Å². The zero-order valence-electron chi connectivity index (χ0n) is 27.1. The van der Waals surface area contributed by atoms with Crippen molar-refractivity contribution in [2.75, 3.05) is 0 Å². The van der Waals surface area contributed by atoms with Crippen LogP contribution in [0.3, 0.4) is 0 Å². The van der Waals surface area contributed by atoms with Gasteiger partial charge in [0.2, 0.25) is 0 Å². The molecule has 0 fully saturated rings. The summed E-state index contributed by atoms with van der Waals surface area (Å²) < 4.78 is 0. The number of fused-ring (bicyclic) bond motifs is 9. The van der Waals surface area contributed by atoms with Crippen molar-refractivity contribution < 1.29 is 14.4 Å². The molecule has 7 aromatic carbocycles. The number of ketones is 3. The number of aromatic amines is 3. The Morgan fingerprint density at radius 2 is 0.588 bits per heavy atom. The van der Waals surface area contributed by atoms with E-state index in [-0.39, 0.29) is 34.0 Å². The Labute approximate surface area is 290 Å². The Morgan fingerprint density at radius 3 is 0.902 bits per heavy atom. The van der Waals surface area contributed by atoms with Crippen LogP contribution >= 0.6 is 0 Å². The number of rotatable bonds is 6. The molecule has 0 aliphatic carbocycles. The Hall–Kier alpha value is -7.05. The highest BCUT2D eigenvalue weighted by molar-refractivity contribution is 6.25. The van der Waals surface area contributed by atoms with Gasteiger partial charge in [0.15, 0.2) is 17.3 Å². The lowest BCUT2D eigenvalue weighted by atomic mass is 9.91. The summed E-state index contributed by atoms with van der Waals surface area (Å²) in [4.78, 5) is 54.0. The van der Waals surface area contributed by atoms with Crippen molar-refractivity contribution in [2.45, 2.75) is 0 Å². The number of hydrogen-bond acceptors (Lipinski definition) is 3. The van der Waals surface area contributed by atoms with E-state index in [0.717, 1.165) is 48.9 Å². The third kappa shape index (κ3) is 4.40. The highest BCUT2D eigenvalue weighted by Gasteiger charge is 2.24. The van der Waals surface area contributed by atoms with Gasteiger partial charge < -0.3 is 15.0 Å². The first-order valence-electron chi connectivity index (χ1n) is 16.8. The lowest BCUT2D eigenvalue weighted by Gasteiger charge is -2.11. The quantitative estimate of drug-likeness (QED) is 0.155. The van der Waals surface area contributed by atoms with E-state index in [1.165, 1.54) is 0 Å². The fourth-order valence-corrected chi connectivity index (χ4v) is 7.67. The second-order valence-corrected chi connectivity index (χ2v) is 13.0. The van der Waals surface area contributed by atoms with Crippen molar-refractivity contribution in [3.05, 3.63) is 179 Å². The number of carbonyl (C=O) groups excluding carboxylic acids is 3. The van der Waals surface area contributed by atoms with E-state index in [1.54, 1.807) is 36.4 Å². The van der Waals surface area contributed by atoms with Gasteiger partial charge >= 0.3 is 0 Å². The maximum atomic E-state index is 14.6. The average Bonchev–Trinajstić information content (AvgIpc) is 3.88. The molecular weight excluding hydrogens is 631 g/mol. The fourth-order valence-electron chi connectivity index (χ4n) is 7.67. The summed E-state index contributed by atoms with van der Waals surface area (Å²) in [5.41, 5.74) is 7.03. The first kappa shape index (κ1) is 28.9. The molecule has 3 heterocycles. The van der Waals surface area contributed by atoms with Gasteiger partial charge in [0.05, 0.1) is 16.6 Å². The first-order valence-corrected chi connectivity index (χ1v) is 16.8. The molecule has 0 bridgehead atoms. The molecule has 0 spiro atoms. The van der Waals surface area contributed by atoms with Gasteiger partial charge in [0.25, 0.3) is 0 Å². The molecule has 0 amide bonds. The molecule has 6 heteroatoms. The monoisotopic (exact) mass is 657 g/mol. The summed E-state index contributed by atoms with van der Waals surface area (Å²) in [6.45, 7) is 0. The molecule has 0 radical (unpaired) electrons. The molecule has 0 unspecified atom stereocenters. The molecule has 3 N–H and O–H groups in total. The minimum Gasteiger partial charge on any atom is -0.354 e. The maximum Gasteiger partial charge on any atom is 0.195 e. The summed E-state index contributed by atoms with van der Waals surface area (Å²) in [5.74, 6) is -0.865. The third-order valence-electron chi connectivity index (χ3n) is 10.1.